The number of hydrogen-bond donors (Lipinski definition) is 2. The number of thiophene rings is 1. The van der Waals surface area contributed by atoms with Crippen LogP contribution in [0.5, 0.6) is 0 Å². The average Bonchev–Trinajstić information content (AvgIpc) is 2.77. The van der Waals surface area contributed by atoms with Crippen molar-refractivity contribution >= 4 is 17.2 Å². The molecule has 0 unspecified atom stereocenters. The van der Waals surface area contributed by atoms with Crippen molar-refractivity contribution in [2.45, 2.75) is 13.0 Å². The molecule has 0 spiro atoms. The number of carbonyl (C=O) groups is 1. The zero-order chi connectivity index (χ0) is 12.5. The summed E-state index contributed by atoms with van der Waals surface area (Å²) in [7, 11) is 0. The van der Waals surface area contributed by atoms with E-state index in [1.165, 1.54) is 11.3 Å². The predicted octanol–water partition coefficient (Wildman–Crippen LogP) is 1.53. The molecule has 1 aromatic heterocycles. The Kier molecular flexibility index (Phi) is 6.54. The molecule has 0 atom stereocenters. The van der Waals surface area contributed by atoms with Crippen molar-refractivity contribution in [1.82, 2.24) is 5.32 Å². The molecular weight excluding hydrogens is 236 g/mol. The van der Waals surface area contributed by atoms with E-state index in [2.05, 4.69) is 11.9 Å². The number of ether oxygens (including phenoxy) is 1. The fourth-order valence-electron chi connectivity index (χ4n) is 1.23. The number of nitrogens with two attached hydrogens (primary N) is 1. The first-order valence-electron chi connectivity index (χ1n) is 5.50. The highest BCUT2D eigenvalue weighted by Crippen LogP contribution is 2.13. The van der Waals surface area contributed by atoms with Crippen LogP contribution in [0.4, 0.5) is 0 Å². The van der Waals surface area contributed by atoms with Gasteiger partial charge in [0.05, 0.1) is 18.8 Å². The normalized spacial score (nSPS) is 10.4. The molecule has 1 amide bonds. The first-order valence-corrected chi connectivity index (χ1v) is 6.38. The smallest absolute Gasteiger partial charge is 0.249 e. The Bertz CT molecular complexity index is 363. The molecule has 4 nitrogen and oxygen atoms in total. The van der Waals surface area contributed by atoms with Crippen LogP contribution in [0.25, 0.3) is 0 Å². The van der Waals surface area contributed by atoms with Gasteiger partial charge >= 0.3 is 0 Å². The van der Waals surface area contributed by atoms with Crippen LogP contribution in [-0.2, 0) is 11.3 Å². The van der Waals surface area contributed by atoms with E-state index >= 15 is 0 Å². The Labute approximate surface area is 105 Å². The van der Waals surface area contributed by atoms with Crippen LogP contribution in [0.1, 0.15) is 21.7 Å². The van der Waals surface area contributed by atoms with Crippen LogP contribution in [0.15, 0.2) is 24.1 Å². The summed E-state index contributed by atoms with van der Waals surface area (Å²) in [6.07, 6.45) is 2.72. The largest absolute Gasteiger partial charge is 0.380 e. The van der Waals surface area contributed by atoms with Crippen LogP contribution in [0.2, 0.25) is 0 Å². The SMILES string of the molecule is C=CCCOCCNCc1cc(C(N)=O)cs1. The first kappa shape index (κ1) is 13.9. The fourth-order valence-corrected chi connectivity index (χ4v) is 2.07. The molecule has 5 heteroatoms. The Morgan fingerprint density at radius 1 is 1.59 bits per heavy atom. The van der Waals surface area contributed by atoms with Gasteiger partial charge in [-0.05, 0) is 12.5 Å². The molecule has 1 aromatic rings. The average molecular weight is 254 g/mol. The van der Waals surface area contributed by atoms with Crippen molar-refractivity contribution in [3.05, 3.63) is 34.5 Å². The molecule has 0 saturated heterocycles. The van der Waals surface area contributed by atoms with Crippen molar-refractivity contribution in [3.8, 4) is 0 Å². The number of hydrogen-bond acceptors (Lipinski definition) is 4. The van der Waals surface area contributed by atoms with E-state index in [-0.39, 0.29) is 5.91 Å². The third-order valence-corrected chi connectivity index (χ3v) is 3.06. The number of carbonyl (C=O) groups excluding carboxylic acids is 1. The van der Waals surface area contributed by atoms with Gasteiger partial charge in [0.15, 0.2) is 0 Å². The molecule has 0 saturated carbocycles. The molecular formula is C12H18N2O2S. The maximum absolute atomic E-state index is 10.9. The summed E-state index contributed by atoms with van der Waals surface area (Å²) in [5.41, 5.74) is 5.75. The van der Waals surface area contributed by atoms with Gasteiger partial charge in [0, 0.05) is 23.3 Å². The maximum atomic E-state index is 10.9. The van der Waals surface area contributed by atoms with Crippen molar-refractivity contribution in [2.24, 2.45) is 5.73 Å². The minimum Gasteiger partial charge on any atom is -0.380 e. The summed E-state index contributed by atoms with van der Waals surface area (Å²) >= 11 is 1.53. The fraction of sp³-hybridized carbons (Fsp3) is 0.417. The van der Waals surface area contributed by atoms with Gasteiger partial charge in [-0.15, -0.1) is 17.9 Å². The molecule has 0 aliphatic carbocycles. The Morgan fingerprint density at radius 3 is 3.06 bits per heavy atom. The van der Waals surface area contributed by atoms with Crippen LogP contribution in [-0.4, -0.2) is 25.7 Å². The standard InChI is InChI=1S/C12H18N2O2S/c1-2-3-5-16-6-4-14-8-11-7-10(9-17-11)12(13)15/h2,7,9,14H,1,3-6,8H2,(H2,13,15). The topological polar surface area (TPSA) is 64.3 Å². The molecule has 0 radical (unpaired) electrons. The lowest BCUT2D eigenvalue weighted by Crippen LogP contribution is -2.19. The van der Waals surface area contributed by atoms with Gasteiger partial charge in [-0.2, -0.15) is 0 Å². The maximum Gasteiger partial charge on any atom is 0.249 e. The molecule has 1 heterocycles. The van der Waals surface area contributed by atoms with Gasteiger partial charge in [-0.1, -0.05) is 6.08 Å². The number of rotatable bonds is 9. The Hall–Kier alpha value is -1.17. The lowest BCUT2D eigenvalue weighted by molar-refractivity contribution is 0.100. The second-order valence-corrected chi connectivity index (χ2v) is 4.53. The van der Waals surface area contributed by atoms with E-state index in [0.717, 1.165) is 31.0 Å². The summed E-state index contributed by atoms with van der Waals surface area (Å²) in [5.74, 6) is -0.375. The van der Waals surface area contributed by atoms with Crippen LogP contribution in [0, 0.1) is 0 Å². The van der Waals surface area contributed by atoms with Crippen molar-refractivity contribution in [1.29, 1.82) is 0 Å². The second kappa shape index (κ2) is 8.00. The van der Waals surface area contributed by atoms with Gasteiger partial charge in [0.1, 0.15) is 0 Å². The van der Waals surface area contributed by atoms with E-state index < -0.39 is 0 Å². The van der Waals surface area contributed by atoms with E-state index in [9.17, 15) is 4.79 Å². The van der Waals surface area contributed by atoms with Gasteiger partial charge in [-0.3, -0.25) is 4.79 Å². The number of amides is 1. The molecule has 0 aromatic carbocycles. The molecule has 3 N–H and O–H groups in total. The summed E-state index contributed by atoms with van der Waals surface area (Å²) < 4.78 is 5.35. The Balaban J connectivity index is 2.09. The lowest BCUT2D eigenvalue weighted by atomic mass is 10.3. The number of nitrogens with one attached hydrogen (secondary N) is 1. The minimum atomic E-state index is -0.375. The highest BCUT2D eigenvalue weighted by atomic mass is 32.1. The highest BCUT2D eigenvalue weighted by Gasteiger charge is 2.03. The third-order valence-electron chi connectivity index (χ3n) is 2.13. The molecule has 0 fully saturated rings. The van der Waals surface area contributed by atoms with Crippen molar-refractivity contribution < 1.29 is 9.53 Å². The van der Waals surface area contributed by atoms with Gasteiger partial charge < -0.3 is 15.8 Å². The van der Waals surface area contributed by atoms with E-state index in [0.29, 0.717) is 12.2 Å². The van der Waals surface area contributed by atoms with Crippen LogP contribution < -0.4 is 11.1 Å². The van der Waals surface area contributed by atoms with Crippen molar-refractivity contribution in [2.75, 3.05) is 19.8 Å². The molecule has 0 aliphatic heterocycles. The second-order valence-electron chi connectivity index (χ2n) is 3.53. The molecule has 94 valence electrons. The van der Waals surface area contributed by atoms with E-state index in [1.54, 1.807) is 5.38 Å². The lowest BCUT2D eigenvalue weighted by Gasteiger charge is -2.03. The van der Waals surface area contributed by atoms with Crippen LogP contribution in [0.3, 0.4) is 0 Å². The minimum absolute atomic E-state index is 0.375. The predicted molar refractivity (Wildman–Crippen MR) is 70.2 cm³/mol. The third kappa shape index (κ3) is 5.63. The summed E-state index contributed by atoms with van der Waals surface area (Å²) in [6, 6.07) is 1.82. The van der Waals surface area contributed by atoms with E-state index in [1.807, 2.05) is 12.1 Å². The molecule has 0 aliphatic rings. The van der Waals surface area contributed by atoms with Crippen molar-refractivity contribution in [3.63, 3.8) is 0 Å². The Morgan fingerprint density at radius 2 is 2.41 bits per heavy atom. The zero-order valence-electron chi connectivity index (χ0n) is 9.78. The van der Waals surface area contributed by atoms with Crippen LogP contribution >= 0.6 is 11.3 Å². The van der Waals surface area contributed by atoms with Gasteiger partial charge in [0.25, 0.3) is 0 Å². The quantitative estimate of drug-likeness (QED) is 0.519. The van der Waals surface area contributed by atoms with Gasteiger partial charge in [0.2, 0.25) is 5.91 Å². The highest BCUT2D eigenvalue weighted by molar-refractivity contribution is 7.10. The molecule has 17 heavy (non-hydrogen) atoms. The summed E-state index contributed by atoms with van der Waals surface area (Å²) in [4.78, 5) is 12.0. The number of primary amides is 1. The monoisotopic (exact) mass is 254 g/mol. The zero-order valence-corrected chi connectivity index (χ0v) is 10.6. The summed E-state index contributed by atoms with van der Waals surface area (Å²) in [6.45, 7) is 6.55. The van der Waals surface area contributed by atoms with Gasteiger partial charge in [-0.25, -0.2) is 0 Å². The summed E-state index contributed by atoms with van der Waals surface area (Å²) in [5, 5.41) is 5.02. The molecule has 0 bridgehead atoms. The first-order chi connectivity index (χ1) is 8.24. The van der Waals surface area contributed by atoms with E-state index in [4.69, 9.17) is 10.5 Å². The molecule has 1 rings (SSSR count).